The third kappa shape index (κ3) is 3.41. The van der Waals surface area contributed by atoms with Crippen LogP contribution in [0.3, 0.4) is 0 Å². The highest BCUT2D eigenvalue weighted by atomic mass is 32.2. The molecule has 0 saturated carbocycles. The van der Waals surface area contributed by atoms with Crippen LogP contribution in [-0.4, -0.2) is 46.1 Å². The summed E-state index contributed by atoms with van der Waals surface area (Å²) < 4.78 is 13.5. The molecule has 1 aliphatic rings. The average Bonchev–Trinajstić information content (AvgIpc) is 2.38. The van der Waals surface area contributed by atoms with E-state index in [9.17, 15) is 14.0 Å². The first kappa shape index (κ1) is 14.6. The number of thioether (sulfide) groups is 1. The number of nitrogens with zero attached hydrogens (tertiary/aromatic N) is 1. The minimum Gasteiger partial charge on any atom is -0.478 e. The Kier molecular flexibility index (Phi) is 4.49. The number of hydrogen-bond donors (Lipinski definition) is 2. The van der Waals surface area contributed by atoms with Gasteiger partial charge in [0.15, 0.2) is 0 Å². The van der Waals surface area contributed by atoms with Crippen LogP contribution in [0.1, 0.15) is 17.3 Å². The molecule has 1 fully saturated rings. The molecule has 2 N–H and O–H groups in total. The lowest BCUT2D eigenvalue weighted by Gasteiger charge is -2.30. The molecular formula is C13H15FN2O3S. The molecule has 0 aromatic heterocycles. The summed E-state index contributed by atoms with van der Waals surface area (Å²) in [5.41, 5.74) is -0.158. The van der Waals surface area contributed by atoms with Crippen molar-refractivity contribution in [3.05, 3.63) is 29.6 Å². The molecule has 1 unspecified atom stereocenters. The lowest BCUT2D eigenvalue weighted by Crippen LogP contribution is -2.43. The van der Waals surface area contributed by atoms with E-state index in [1.807, 2.05) is 6.92 Å². The number of aromatic carboxylic acids is 1. The third-order valence-corrected chi connectivity index (χ3v) is 4.12. The first-order valence-electron chi connectivity index (χ1n) is 6.17. The SMILES string of the molecule is CC1CN(C(=O)Nc2ccc(C(=O)O)c(F)c2)CCS1. The summed E-state index contributed by atoms with van der Waals surface area (Å²) in [6.45, 7) is 3.34. The molecule has 1 atom stereocenters. The number of nitrogens with one attached hydrogen (secondary N) is 1. The summed E-state index contributed by atoms with van der Waals surface area (Å²) in [6, 6.07) is 3.25. The zero-order valence-corrected chi connectivity index (χ0v) is 11.7. The summed E-state index contributed by atoms with van der Waals surface area (Å²) in [5.74, 6) is -1.32. The first-order valence-corrected chi connectivity index (χ1v) is 7.22. The number of halogens is 1. The summed E-state index contributed by atoms with van der Waals surface area (Å²) in [6.07, 6.45) is 0. The lowest BCUT2D eigenvalue weighted by molar-refractivity contribution is 0.0692. The van der Waals surface area contributed by atoms with Gasteiger partial charge in [0.25, 0.3) is 0 Å². The number of carbonyl (C=O) groups excluding carboxylic acids is 1. The second kappa shape index (κ2) is 6.13. The molecule has 0 bridgehead atoms. The summed E-state index contributed by atoms with van der Waals surface area (Å²) in [5, 5.41) is 11.7. The highest BCUT2D eigenvalue weighted by molar-refractivity contribution is 7.99. The molecule has 2 rings (SSSR count). The van der Waals surface area contributed by atoms with Gasteiger partial charge < -0.3 is 15.3 Å². The highest BCUT2D eigenvalue weighted by Crippen LogP contribution is 2.19. The van der Waals surface area contributed by atoms with Gasteiger partial charge in [-0.25, -0.2) is 14.0 Å². The van der Waals surface area contributed by atoms with Gasteiger partial charge in [-0.1, -0.05) is 6.92 Å². The number of rotatable bonds is 2. The maximum absolute atomic E-state index is 13.5. The highest BCUT2D eigenvalue weighted by Gasteiger charge is 2.21. The van der Waals surface area contributed by atoms with Gasteiger partial charge in [-0.15, -0.1) is 0 Å². The predicted octanol–water partition coefficient (Wildman–Crippen LogP) is 2.49. The number of carboxylic acid groups (broad SMARTS) is 1. The van der Waals surface area contributed by atoms with Crippen molar-refractivity contribution in [3.8, 4) is 0 Å². The fraction of sp³-hybridized carbons (Fsp3) is 0.385. The van der Waals surface area contributed by atoms with E-state index in [0.717, 1.165) is 17.9 Å². The van der Waals surface area contributed by atoms with Gasteiger partial charge in [0, 0.05) is 29.8 Å². The van der Waals surface area contributed by atoms with Crippen molar-refractivity contribution in [3.63, 3.8) is 0 Å². The standard InChI is InChI=1S/C13H15FN2O3S/c1-8-7-16(4-5-20-8)13(19)15-9-2-3-10(12(17)18)11(14)6-9/h2-3,6,8H,4-5,7H2,1H3,(H,15,19)(H,17,18). The minimum absolute atomic E-state index is 0.253. The minimum atomic E-state index is -1.33. The number of benzene rings is 1. The number of hydrogen-bond acceptors (Lipinski definition) is 3. The molecule has 0 spiro atoms. The van der Waals surface area contributed by atoms with Crippen molar-refractivity contribution >= 4 is 29.4 Å². The molecule has 1 saturated heterocycles. The van der Waals surface area contributed by atoms with Crippen LogP contribution >= 0.6 is 11.8 Å². The van der Waals surface area contributed by atoms with Crippen LogP contribution in [0.2, 0.25) is 0 Å². The zero-order valence-electron chi connectivity index (χ0n) is 10.9. The Bertz CT molecular complexity index is 538. The number of anilines is 1. The molecule has 0 radical (unpaired) electrons. The second-order valence-corrected chi connectivity index (χ2v) is 6.10. The van der Waals surface area contributed by atoms with Crippen molar-refractivity contribution in [1.82, 2.24) is 4.90 Å². The van der Waals surface area contributed by atoms with Crippen LogP contribution in [0.25, 0.3) is 0 Å². The fourth-order valence-electron chi connectivity index (χ4n) is 1.97. The van der Waals surface area contributed by atoms with E-state index in [1.54, 1.807) is 16.7 Å². The van der Waals surface area contributed by atoms with Crippen LogP contribution < -0.4 is 5.32 Å². The van der Waals surface area contributed by atoms with Gasteiger partial charge in [-0.05, 0) is 18.2 Å². The van der Waals surface area contributed by atoms with Crippen molar-refractivity contribution in [2.24, 2.45) is 0 Å². The Morgan fingerprint density at radius 3 is 2.85 bits per heavy atom. The van der Waals surface area contributed by atoms with Gasteiger partial charge in [-0.2, -0.15) is 11.8 Å². The molecule has 1 aliphatic heterocycles. The molecule has 1 heterocycles. The topological polar surface area (TPSA) is 69.6 Å². The van der Waals surface area contributed by atoms with Crippen LogP contribution in [0.15, 0.2) is 18.2 Å². The van der Waals surface area contributed by atoms with E-state index < -0.39 is 17.3 Å². The molecule has 5 nitrogen and oxygen atoms in total. The fourth-order valence-corrected chi connectivity index (χ4v) is 2.99. The molecule has 1 aromatic carbocycles. The molecular weight excluding hydrogens is 283 g/mol. The van der Waals surface area contributed by atoms with Crippen LogP contribution in [0.5, 0.6) is 0 Å². The van der Waals surface area contributed by atoms with Crippen LogP contribution in [0.4, 0.5) is 14.9 Å². The maximum Gasteiger partial charge on any atom is 0.338 e. The van der Waals surface area contributed by atoms with Crippen molar-refractivity contribution in [1.29, 1.82) is 0 Å². The van der Waals surface area contributed by atoms with Crippen LogP contribution in [0, 0.1) is 5.82 Å². The number of amides is 2. The molecule has 20 heavy (non-hydrogen) atoms. The van der Waals surface area contributed by atoms with Crippen molar-refractivity contribution < 1.29 is 19.1 Å². The lowest BCUT2D eigenvalue weighted by atomic mass is 10.2. The number of carboxylic acids is 1. The number of carbonyl (C=O) groups is 2. The zero-order chi connectivity index (χ0) is 14.7. The second-order valence-electron chi connectivity index (χ2n) is 4.56. The Balaban J connectivity index is 2.04. The molecule has 2 amide bonds. The summed E-state index contributed by atoms with van der Waals surface area (Å²) in [4.78, 5) is 24.4. The van der Waals surface area contributed by atoms with E-state index in [0.29, 0.717) is 18.3 Å². The van der Waals surface area contributed by atoms with E-state index in [1.165, 1.54) is 6.07 Å². The molecule has 108 valence electrons. The van der Waals surface area contributed by atoms with E-state index in [-0.39, 0.29) is 11.7 Å². The molecule has 0 aliphatic carbocycles. The monoisotopic (exact) mass is 298 g/mol. The Morgan fingerprint density at radius 2 is 2.25 bits per heavy atom. The average molecular weight is 298 g/mol. The smallest absolute Gasteiger partial charge is 0.338 e. The van der Waals surface area contributed by atoms with Gasteiger partial charge in [0.2, 0.25) is 0 Å². The Hall–Kier alpha value is -1.76. The number of urea groups is 1. The van der Waals surface area contributed by atoms with Gasteiger partial charge in [0.05, 0.1) is 5.56 Å². The van der Waals surface area contributed by atoms with Crippen molar-refractivity contribution in [2.75, 3.05) is 24.2 Å². The van der Waals surface area contributed by atoms with Gasteiger partial charge in [-0.3, -0.25) is 0 Å². The first-order chi connectivity index (χ1) is 9.47. The van der Waals surface area contributed by atoms with Gasteiger partial charge in [0.1, 0.15) is 5.82 Å². The molecule has 1 aromatic rings. The largest absolute Gasteiger partial charge is 0.478 e. The maximum atomic E-state index is 13.5. The quantitative estimate of drug-likeness (QED) is 0.880. The van der Waals surface area contributed by atoms with E-state index in [4.69, 9.17) is 5.11 Å². The normalized spacial score (nSPS) is 18.7. The Labute approximate surface area is 120 Å². The predicted molar refractivity (Wildman–Crippen MR) is 75.9 cm³/mol. The third-order valence-electron chi connectivity index (χ3n) is 2.98. The summed E-state index contributed by atoms with van der Waals surface area (Å²) >= 11 is 1.81. The van der Waals surface area contributed by atoms with E-state index in [2.05, 4.69) is 5.32 Å². The van der Waals surface area contributed by atoms with E-state index >= 15 is 0 Å². The van der Waals surface area contributed by atoms with Gasteiger partial charge >= 0.3 is 12.0 Å². The molecule has 7 heteroatoms. The van der Waals surface area contributed by atoms with Crippen LogP contribution in [-0.2, 0) is 0 Å². The Morgan fingerprint density at radius 1 is 1.50 bits per heavy atom. The summed E-state index contributed by atoms with van der Waals surface area (Å²) in [7, 11) is 0. The van der Waals surface area contributed by atoms with Crippen molar-refractivity contribution in [2.45, 2.75) is 12.2 Å².